The molecule has 1 aliphatic heterocycles. The van der Waals surface area contributed by atoms with Gasteiger partial charge in [0.2, 0.25) is 0 Å². The molecule has 0 spiro atoms. The molecule has 0 unspecified atom stereocenters. The first-order chi connectivity index (χ1) is 10.3. The summed E-state index contributed by atoms with van der Waals surface area (Å²) < 4.78 is 14.2. The van der Waals surface area contributed by atoms with Gasteiger partial charge in [0.05, 0.1) is 0 Å². The summed E-state index contributed by atoms with van der Waals surface area (Å²) >= 11 is 0. The Morgan fingerprint density at radius 3 is 2.62 bits per heavy atom. The molecule has 0 aromatic heterocycles. The first-order valence-electron chi connectivity index (χ1n) is 8.53. The number of anilines is 1. The maximum atomic E-state index is 14.2. The molecule has 1 N–H and O–H groups in total. The minimum absolute atomic E-state index is 0.0590. The van der Waals surface area contributed by atoms with Crippen molar-refractivity contribution < 1.29 is 4.39 Å². The quantitative estimate of drug-likeness (QED) is 0.848. The first-order valence-corrected chi connectivity index (χ1v) is 8.53. The third-order valence-electron chi connectivity index (χ3n) is 4.89. The fraction of sp³-hybridized carbons (Fsp3) is 0.667. The summed E-state index contributed by atoms with van der Waals surface area (Å²) in [5, 5.41) is 3.46. The summed E-state index contributed by atoms with van der Waals surface area (Å²) in [4.78, 5) is 2.39. The van der Waals surface area contributed by atoms with Crippen molar-refractivity contribution in [3.05, 3.63) is 29.6 Å². The molecule has 1 saturated heterocycles. The van der Waals surface area contributed by atoms with Crippen LogP contribution >= 0.6 is 0 Å². The van der Waals surface area contributed by atoms with Crippen molar-refractivity contribution in [3.8, 4) is 0 Å². The number of piperidine rings is 1. The van der Waals surface area contributed by atoms with E-state index in [2.05, 4.69) is 23.2 Å². The van der Waals surface area contributed by atoms with Crippen molar-refractivity contribution in [1.29, 1.82) is 0 Å². The summed E-state index contributed by atoms with van der Waals surface area (Å²) in [5.41, 5.74) is 1.97. The lowest BCUT2D eigenvalue weighted by Crippen LogP contribution is -2.35. The molecule has 1 heterocycles. The predicted molar refractivity (Wildman–Crippen MR) is 86.1 cm³/mol. The Labute approximate surface area is 127 Å². The first kappa shape index (κ1) is 14.8. The van der Waals surface area contributed by atoms with Crippen molar-refractivity contribution in [2.75, 3.05) is 18.0 Å². The van der Waals surface area contributed by atoms with E-state index in [-0.39, 0.29) is 5.82 Å². The van der Waals surface area contributed by atoms with Crippen molar-refractivity contribution in [2.45, 2.75) is 58.0 Å². The molecular formula is C18H27FN2. The smallest absolute Gasteiger partial charge is 0.129 e. The van der Waals surface area contributed by atoms with Gasteiger partial charge in [0.25, 0.3) is 0 Å². The van der Waals surface area contributed by atoms with Crippen molar-refractivity contribution in [3.63, 3.8) is 0 Å². The number of hydrogen-bond donors (Lipinski definition) is 1. The van der Waals surface area contributed by atoms with E-state index in [0.717, 1.165) is 30.3 Å². The van der Waals surface area contributed by atoms with Gasteiger partial charge in [-0.3, -0.25) is 0 Å². The Morgan fingerprint density at radius 2 is 1.95 bits per heavy atom. The molecule has 1 aliphatic carbocycles. The largest absolute Gasteiger partial charge is 0.371 e. The van der Waals surface area contributed by atoms with E-state index in [1.165, 1.54) is 38.5 Å². The molecule has 0 radical (unpaired) electrons. The average molecular weight is 290 g/mol. The van der Waals surface area contributed by atoms with Crippen LogP contribution in [0.2, 0.25) is 0 Å². The summed E-state index contributed by atoms with van der Waals surface area (Å²) in [7, 11) is 0. The number of nitrogens with one attached hydrogen (secondary N) is 1. The Hall–Kier alpha value is -1.09. The van der Waals surface area contributed by atoms with Crippen molar-refractivity contribution in [1.82, 2.24) is 5.32 Å². The van der Waals surface area contributed by atoms with E-state index in [4.69, 9.17) is 0 Å². The van der Waals surface area contributed by atoms with Crippen LogP contribution in [-0.4, -0.2) is 19.1 Å². The topological polar surface area (TPSA) is 15.3 Å². The van der Waals surface area contributed by atoms with Crippen LogP contribution in [0.25, 0.3) is 0 Å². The summed E-state index contributed by atoms with van der Waals surface area (Å²) in [6.07, 6.45) is 7.60. The van der Waals surface area contributed by atoms with Crippen LogP contribution in [0.5, 0.6) is 0 Å². The van der Waals surface area contributed by atoms with E-state index in [0.29, 0.717) is 12.6 Å². The molecule has 3 heteroatoms. The Morgan fingerprint density at radius 1 is 1.19 bits per heavy atom. The van der Waals surface area contributed by atoms with Crippen LogP contribution < -0.4 is 10.2 Å². The van der Waals surface area contributed by atoms with E-state index in [1.54, 1.807) is 6.07 Å². The van der Waals surface area contributed by atoms with Gasteiger partial charge in [-0.2, -0.15) is 0 Å². The number of nitrogens with zero attached hydrogens (tertiary/aromatic N) is 1. The number of rotatable bonds is 6. The summed E-state index contributed by atoms with van der Waals surface area (Å²) in [6.45, 7) is 5.08. The molecule has 2 aliphatic rings. The van der Waals surface area contributed by atoms with Gasteiger partial charge in [-0.15, -0.1) is 0 Å². The van der Waals surface area contributed by atoms with Gasteiger partial charge in [0.15, 0.2) is 0 Å². The second-order valence-electron chi connectivity index (χ2n) is 6.61. The minimum atomic E-state index is -0.0590. The number of benzene rings is 1. The molecular weight excluding hydrogens is 263 g/mol. The zero-order valence-corrected chi connectivity index (χ0v) is 13.1. The Balaban J connectivity index is 1.67. The summed E-state index contributed by atoms with van der Waals surface area (Å²) in [5.74, 6) is 0.809. The van der Waals surface area contributed by atoms with Crippen LogP contribution in [0.1, 0.15) is 51.0 Å². The molecule has 3 rings (SSSR count). The lowest BCUT2D eigenvalue weighted by molar-refractivity contribution is 0.377. The molecule has 0 amide bonds. The maximum absolute atomic E-state index is 14.2. The predicted octanol–water partition coefficient (Wildman–Crippen LogP) is 4.09. The van der Waals surface area contributed by atoms with Crippen LogP contribution in [0.3, 0.4) is 0 Å². The highest BCUT2D eigenvalue weighted by Gasteiger charge is 2.24. The molecule has 1 aromatic carbocycles. The van der Waals surface area contributed by atoms with Gasteiger partial charge in [0.1, 0.15) is 5.82 Å². The molecule has 2 fully saturated rings. The highest BCUT2D eigenvalue weighted by molar-refractivity contribution is 5.54. The number of halogens is 1. The van der Waals surface area contributed by atoms with Crippen molar-refractivity contribution in [2.24, 2.45) is 5.92 Å². The second-order valence-corrected chi connectivity index (χ2v) is 6.61. The molecule has 1 saturated carbocycles. The highest BCUT2D eigenvalue weighted by Crippen LogP contribution is 2.30. The Kier molecular flexibility index (Phi) is 4.79. The van der Waals surface area contributed by atoms with E-state index in [9.17, 15) is 4.39 Å². The normalized spacial score (nSPS) is 20.0. The zero-order chi connectivity index (χ0) is 14.7. The van der Waals surface area contributed by atoms with Gasteiger partial charge < -0.3 is 10.2 Å². The number of hydrogen-bond acceptors (Lipinski definition) is 2. The monoisotopic (exact) mass is 290 g/mol. The highest BCUT2D eigenvalue weighted by atomic mass is 19.1. The van der Waals surface area contributed by atoms with Gasteiger partial charge >= 0.3 is 0 Å². The minimum Gasteiger partial charge on any atom is -0.371 e. The van der Waals surface area contributed by atoms with Crippen LogP contribution in [0.4, 0.5) is 10.1 Å². The lowest BCUT2D eigenvalue weighted by atomic mass is 9.92. The standard InChI is InChI=1S/C18H27FN2/c1-2-4-14-9-11-21(12-10-14)18-6-3-5-17(19)16(18)13-20-15-7-8-15/h3,5-6,14-15,20H,2,4,7-13H2,1H3. The third-order valence-corrected chi connectivity index (χ3v) is 4.89. The maximum Gasteiger partial charge on any atom is 0.129 e. The van der Waals surface area contributed by atoms with Gasteiger partial charge in [-0.1, -0.05) is 25.8 Å². The van der Waals surface area contributed by atoms with Gasteiger partial charge in [0, 0.05) is 36.9 Å². The lowest BCUT2D eigenvalue weighted by Gasteiger charge is -2.35. The molecule has 0 atom stereocenters. The van der Waals surface area contributed by atoms with Gasteiger partial charge in [-0.25, -0.2) is 4.39 Å². The third kappa shape index (κ3) is 3.76. The van der Waals surface area contributed by atoms with Crippen LogP contribution in [-0.2, 0) is 6.54 Å². The summed E-state index contributed by atoms with van der Waals surface area (Å²) in [6, 6.07) is 6.15. The van der Waals surface area contributed by atoms with Gasteiger partial charge in [-0.05, 0) is 43.7 Å². The van der Waals surface area contributed by atoms with Crippen LogP contribution in [0.15, 0.2) is 18.2 Å². The van der Waals surface area contributed by atoms with E-state index >= 15 is 0 Å². The second kappa shape index (κ2) is 6.78. The van der Waals surface area contributed by atoms with E-state index < -0.39 is 0 Å². The fourth-order valence-corrected chi connectivity index (χ4v) is 3.42. The van der Waals surface area contributed by atoms with E-state index in [1.807, 2.05) is 6.07 Å². The average Bonchev–Trinajstić information content (AvgIpc) is 3.31. The molecule has 116 valence electrons. The molecule has 21 heavy (non-hydrogen) atoms. The zero-order valence-electron chi connectivity index (χ0n) is 13.1. The molecule has 2 nitrogen and oxygen atoms in total. The van der Waals surface area contributed by atoms with Crippen LogP contribution in [0, 0.1) is 11.7 Å². The fourth-order valence-electron chi connectivity index (χ4n) is 3.42. The molecule has 1 aromatic rings. The Bertz CT molecular complexity index is 462. The molecule has 0 bridgehead atoms. The van der Waals surface area contributed by atoms with Crippen molar-refractivity contribution >= 4 is 5.69 Å². The SMILES string of the molecule is CCCC1CCN(c2cccc(F)c2CNC2CC2)CC1.